The van der Waals surface area contributed by atoms with Crippen LogP contribution in [0.5, 0.6) is 0 Å². The molecule has 1 aliphatic rings. The largest absolute Gasteiger partial charge is 0.390 e. The molecule has 8 heteroatoms. The average molecular weight is 335 g/mol. The molecule has 0 saturated carbocycles. The molecule has 0 radical (unpaired) electrons. The molecule has 3 N–H and O–H groups in total. The Hall–Kier alpha value is -2.19. The number of β-amino-alcohol motifs (C(OH)–C–C–N with tert-alkyl or cyclic N) is 1. The van der Waals surface area contributed by atoms with Crippen LogP contribution in [0.3, 0.4) is 0 Å². The number of rotatable bonds is 5. The Morgan fingerprint density at radius 3 is 2.83 bits per heavy atom. The summed E-state index contributed by atoms with van der Waals surface area (Å²) < 4.78 is 0. The van der Waals surface area contributed by atoms with Crippen molar-refractivity contribution in [2.45, 2.75) is 18.6 Å². The number of likely N-dealkylation sites (N-methyl/N-ethyl adjacent to an activating group) is 1. The average Bonchev–Trinajstić information content (AvgIpc) is 2.57. The summed E-state index contributed by atoms with van der Waals surface area (Å²) in [6, 6.07) is 3.04. The first-order valence-corrected chi connectivity index (χ1v) is 7.96. The fraction of sp³-hybridized carbons (Fsp3) is 0.562. The summed E-state index contributed by atoms with van der Waals surface area (Å²) in [7, 11) is 5.12. The number of aliphatic hydroxyl groups excluding tert-OH is 1. The van der Waals surface area contributed by atoms with Crippen LogP contribution in [0.2, 0.25) is 0 Å². The number of aliphatic hydroxyl groups is 1. The van der Waals surface area contributed by atoms with Crippen molar-refractivity contribution in [1.82, 2.24) is 20.1 Å². The Balaban J connectivity index is 1.93. The fourth-order valence-corrected chi connectivity index (χ4v) is 2.68. The lowest BCUT2D eigenvalue weighted by Crippen LogP contribution is -2.55. The van der Waals surface area contributed by atoms with Gasteiger partial charge in [0.05, 0.1) is 24.3 Å². The molecular weight excluding hydrogens is 310 g/mol. The summed E-state index contributed by atoms with van der Waals surface area (Å²) in [4.78, 5) is 31.7. The van der Waals surface area contributed by atoms with Gasteiger partial charge in [-0.25, -0.2) is 4.98 Å². The van der Waals surface area contributed by atoms with Crippen molar-refractivity contribution in [2.75, 3.05) is 46.1 Å². The number of hydrogen-bond acceptors (Lipinski definition) is 6. The van der Waals surface area contributed by atoms with Gasteiger partial charge in [0, 0.05) is 40.4 Å². The van der Waals surface area contributed by atoms with Gasteiger partial charge in [0.15, 0.2) is 0 Å². The zero-order chi connectivity index (χ0) is 17.7. The number of nitrogens with one attached hydrogen (secondary N) is 2. The van der Waals surface area contributed by atoms with Crippen molar-refractivity contribution in [1.29, 1.82) is 0 Å². The first kappa shape index (κ1) is 18.2. The van der Waals surface area contributed by atoms with Crippen LogP contribution in [0, 0.1) is 0 Å². The number of nitrogens with zero attached hydrogens (tertiary/aromatic N) is 3. The van der Waals surface area contributed by atoms with E-state index in [0.717, 1.165) is 0 Å². The van der Waals surface area contributed by atoms with E-state index < -0.39 is 6.10 Å². The topological polar surface area (TPSA) is 97.8 Å². The number of carbonyl (C=O) groups excluding carboxylic acids is 2. The van der Waals surface area contributed by atoms with E-state index in [1.807, 2.05) is 4.90 Å². The minimum absolute atomic E-state index is 0.00120. The summed E-state index contributed by atoms with van der Waals surface area (Å²) >= 11 is 0. The smallest absolute Gasteiger partial charge is 0.255 e. The molecule has 1 aliphatic heterocycles. The van der Waals surface area contributed by atoms with E-state index in [9.17, 15) is 14.7 Å². The van der Waals surface area contributed by atoms with Gasteiger partial charge in [-0.1, -0.05) is 0 Å². The number of anilines is 1. The Kier molecular flexibility index (Phi) is 6.10. The molecule has 2 heterocycles. The number of pyridine rings is 1. The maximum Gasteiger partial charge on any atom is 0.255 e. The van der Waals surface area contributed by atoms with Crippen LogP contribution < -0.4 is 10.6 Å². The second-order valence-electron chi connectivity index (χ2n) is 6.11. The molecule has 2 amide bonds. The van der Waals surface area contributed by atoms with Crippen LogP contribution in [0.4, 0.5) is 5.82 Å². The van der Waals surface area contributed by atoms with Crippen LogP contribution >= 0.6 is 0 Å². The summed E-state index contributed by atoms with van der Waals surface area (Å²) in [6.45, 7) is 1.28. The standard InChI is InChI=1S/C16H25N5O3/c1-17-15-11(5-4-7-18-15)16(24)19-12-6-8-21(9-13(12)22)10-14(23)20(2)3/h4-5,7,12-13,22H,6,8-10H2,1-3H3,(H,17,18)(H,19,24)/t12-,13-/m1/s1. The van der Waals surface area contributed by atoms with E-state index in [0.29, 0.717) is 30.9 Å². The van der Waals surface area contributed by atoms with Crippen molar-refractivity contribution in [3.8, 4) is 0 Å². The molecular formula is C16H25N5O3. The molecule has 8 nitrogen and oxygen atoms in total. The second kappa shape index (κ2) is 8.07. The van der Waals surface area contributed by atoms with Gasteiger partial charge in [-0.3, -0.25) is 14.5 Å². The first-order valence-electron chi connectivity index (χ1n) is 7.96. The predicted molar refractivity (Wildman–Crippen MR) is 90.8 cm³/mol. The minimum atomic E-state index is -0.715. The van der Waals surface area contributed by atoms with Gasteiger partial charge < -0.3 is 20.6 Å². The molecule has 24 heavy (non-hydrogen) atoms. The SMILES string of the molecule is CNc1ncccc1C(=O)N[C@@H]1CCN(CC(=O)N(C)C)C[C@H]1O. The molecule has 0 aromatic carbocycles. The quantitative estimate of drug-likeness (QED) is 0.663. The molecule has 0 unspecified atom stereocenters. The van der Waals surface area contributed by atoms with Crippen LogP contribution in [0.15, 0.2) is 18.3 Å². The maximum absolute atomic E-state index is 12.4. The Bertz CT molecular complexity index is 593. The van der Waals surface area contributed by atoms with E-state index in [1.54, 1.807) is 39.5 Å². The van der Waals surface area contributed by atoms with Gasteiger partial charge in [-0.05, 0) is 18.6 Å². The van der Waals surface area contributed by atoms with Crippen molar-refractivity contribution in [3.63, 3.8) is 0 Å². The molecule has 2 atom stereocenters. The van der Waals surface area contributed by atoms with E-state index in [2.05, 4.69) is 15.6 Å². The molecule has 1 aromatic rings. The lowest BCUT2D eigenvalue weighted by molar-refractivity contribution is -0.130. The van der Waals surface area contributed by atoms with E-state index in [-0.39, 0.29) is 24.4 Å². The third kappa shape index (κ3) is 4.42. The molecule has 2 rings (SSSR count). The molecule has 0 bridgehead atoms. The number of likely N-dealkylation sites (tertiary alicyclic amines) is 1. The normalized spacial score (nSPS) is 21.2. The molecule has 1 saturated heterocycles. The van der Waals surface area contributed by atoms with Crippen molar-refractivity contribution >= 4 is 17.6 Å². The van der Waals surface area contributed by atoms with Gasteiger partial charge in [0.1, 0.15) is 5.82 Å². The molecule has 132 valence electrons. The molecule has 0 aliphatic carbocycles. The lowest BCUT2D eigenvalue weighted by atomic mass is 10.0. The lowest BCUT2D eigenvalue weighted by Gasteiger charge is -2.36. The van der Waals surface area contributed by atoms with Gasteiger partial charge >= 0.3 is 0 Å². The summed E-state index contributed by atoms with van der Waals surface area (Å²) in [5.74, 6) is 0.228. The highest BCUT2D eigenvalue weighted by Gasteiger charge is 2.30. The minimum Gasteiger partial charge on any atom is -0.390 e. The van der Waals surface area contributed by atoms with E-state index >= 15 is 0 Å². The monoisotopic (exact) mass is 335 g/mol. The third-order valence-corrected chi connectivity index (χ3v) is 4.13. The third-order valence-electron chi connectivity index (χ3n) is 4.13. The zero-order valence-corrected chi connectivity index (χ0v) is 14.3. The highest BCUT2D eigenvalue weighted by Crippen LogP contribution is 2.15. The predicted octanol–water partition coefficient (Wildman–Crippen LogP) is -0.623. The van der Waals surface area contributed by atoms with E-state index in [4.69, 9.17) is 0 Å². The van der Waals surface area contributed by atoms with Gasteiger partial charge in [-0.2, -0.15) is 0 Å². The van der Waals surface area contributed by atoms with Crippen LogP contribution in [0.1, 0.15) is 16.8 Å². The highest BCUT2D eigenvalue weighted by molar-refractivity contribution is 5.98. The van der Waals surface area contributed by atoms with Gasteiger partial charge in [-0.15, -0.1) is 0 Å². The first-order chi connectivity index (χ1) is 11.4. The number of aromatic nitrogens is 1. The Morgan fingerprint density at radius 1 is 1.46 bits per heavy atom. The van der Waals surface area contributed by atoms with Crippen molar-refractivity contribution in [3.05, 3.63) is 23.9 Å². The Morgan fingerprint density at radius 2 is 2.21 bits per heavy atom. The number of amides is 2. The fourth-order valence-electron chi connectivity index (χ4n) is 2.68. The summed E-state index contributed by atoms with van der Waals surface area (Å²) in [6.07, 6.45) is 1.48. The van der Waals surface area contributed by atoms with Crippen molar-refractivity contribution in [2.24, 2.45) is 0 Å². The highest BCUT2D eigenvalue weighted by atomic mass is 16.3. The van der Waals surface area contributed by atoms with Gasteiger partial charge in [0.2, 0.25) is 5.91 Å². The van der Waals surface area contributed by atoms with Crippen LogP contribution in [0.25, 0.3) is 0 Å². The molecule has 0 spiro atoms. The summed E-state index contributed by atoms with van der Waals surface area (Å²) in [5.41, 5.74) is 0.442. The van der Waals surface area contributed by atoms with E-state index in [1.165, 1.54) is 4.90 Å². The zero-order valence-electron chi connectivity index (χ0n) is 14.3. The Labute approximate surface area is 141 Å². The van der Waals surface area contributed by atoms with Crippen LogP contribution in [-0.2, 0) is 4.79 Å². The van der Waals surface area contributed by atoms with Crippen molar-refractivity contribution < 1.29 is 14.7 Å². The summed E-state index contributed by atoms with van der Waals surface area (Å²) in [5, 5.41) is 16.0. The molecule has 1 fully saturated rings. The maximum atomic E-state index is 12.4. The number of piperidine rings is 1. The van der Waals surface area contributed by atoms with Crippen LogP contribution in [-0.4, -0.2) is 84.6 Å². The second-order valence-corrected chi connectivity index (χ2v) is 6.11. The number of carbonyl (C=O) groups is 2. The molecule has 1 aromatic heterocycles. The number of hydrogen-bond donors (Lipinski definition) is 3. The van der Waals surface area contributed by atoms with Gasteiger partial charge in [0.25, 0.3) is 5.91 Å².